The predicted octanol–water partition coefficient (Wildman–Crippen LogP) is -0.172. The molecule has 0 radical (unpaired) electrons. The number of nitrogens with one attached hydrogen (secondary N) is 1. The molecule has 2 rings (SSSR count). The summed E-state index contributed by atoms with van der Waals surface area (Å²) in [5.74, 6) is 0.0107. The molecule has 0 bridgehead atoms. The van der Waals surface area contributed by atoms with E-state index in [-0.39, 0.29) is 11.4 Å². The lowest BCUT2D eigenvalue weighted by atomic mass is 10.2. The molecule has 18 heavy (non-hydrogen) atoms. The lowest BCUT2D eigenvalue weighted by Gasteiger charge is -1.98. The first-order valence-corrected chi connectivity index (χ1v) is 5.10. The van der Waals surface area contributed by atoms with E-state index >= 15 is 0 Å². The number of aromatic amines is 1. The van der Waals surface area contributed by atoms with Crippen LogP contribution in [0.25, 0.3) is 0 Å². The number of aryl methyl sites for hydroxylation is 1. The number of phenols is 1. The molecule has 1 heterocycles. The van der Waals surface area contributed by atoms with Gasteiger partial charge in [0.1, 0.15) is 11.4 Å². The number of H-pyrrole nitrogens is 1. The number of rotatable bonds is 2. The van der Waals surface area contributed by atoms with Crippen LogP contribution in [0.2, 0.25) is 0 Å². The molecule has 7 heteroatoms. The number of aromatic nitrogens is 3. The lowest BCUT2D eigenvalue weighted by molar-refractivity contribution is 0.474. The summed E-state index contributed by atoms with van der Waals surface area (Å²) in [6.45, 7) is 1.46. The molecule has 92 valence electrons. The third-order valence-corrected chi connectivity index (χ3v) is 2.26. The zero-order valence-electron chi connectivity index (χ0n) is 9.49. The Bertz CT molecular complexity index is 715. The van der Waals surface area contributed by atoms with Gasteiger partial charge in [-0.05, 0) is 19.1 Å². The lowest BCUT2D eigenvalue weighted by Crippen LogP contribution is -2.35. The van der Waals surface area contributed by atoms with E-state index in [9.17, 15) is 14.7 Å². The first-order chi connectivity index (χ1) is 8.59. The third kappa shape index (κ3) is 2.19. The van der Waals surface area contributed by atoms with Crippen LogP contribution < -0.4 is 11.2 Å². The molecule has 0 fully saturated rings. The fourth-order valence-corrected chi connectivity index (χ4v) is 1.29. The van der Waals surface area contributed by atoms with Crippen LogP contribution >= 0.6 is 0 Å². The number of para-hydroxylation sites is 1. The first kappa shape index (κ1) is 11.8. The molecule has 0 aliphatic heterocycles. The van der Waals surface area contributed by atoms with Crippen LogP contribution in [0.15, 0.2) is 39.0 Å². The molecule has 0 atom stereocenters. The fraction of sp³-hybridized carbons (Fsp3) is 0.0909. The Labute approximate surface area is 101 Å². The van der Waals surface area contributed by atoms with Crippen LogP contribution in [0, 0.1) is 6.92 Å². The molecule has 0 amide bonds. The Morgan fingerprint density at radius 2 is 2.11 bits per heavy atom. The van der Waals surface area contributed by atoms with E-state index in [4.69, 9.17) is 0 Å². The Balaban J connectivity index is 2.48. The molecule has 0 saturated carbocycles. The second-order valence-electron chi connectivity index (χ2n) is 3.53. The van der Waals surface area contributed by atoms with Crippen molar-refractivity contribution in [2.24, 2.45) is 5.10 Å². The molecule has 7 nitrogen and oxygen atoms in total. The van der Waals surface area contributed by atoms with Gasteiger partial charge >= 0.3 is 5.69 Å². The van der Waals surface area contributed by atoms with E-state index in [1.807, 2.05) is 0 Å². The highest BCUT2D eigenvalue weighted by atomic mass is 16.3. The third-order valence-electron chi connectivity index (χ3n) is 2.26. The summed E-state index contributed by atoms with van der Waals surface area (Å²) < 4.78 is 0.648. The smallest absolute Gasteiger partial charge is 0.365 e. The average molecular weight is 246 g/mol. The summed E-state index contributed by atoms with van der Waals surface area (Å²) in [7, 11) is 0. The molecule has 1 aromatic carbocycles. The summed E-state index contributed by atoms with van der Waals surface area (Å²) in [5, 5.41) is 18.9. The number of nitrogens with zero attached hydrogens (tertiary/aromatic N) is 3. The minimum Gasteiger partial charge on any atom is -0.507 e. The molecule has 0 aliphatic carbocycles. The normalized spacial score (nSPS) is 10.9. The molecular weight excluding hydrogens is 236 g/mol. The molecular formula is C11H10N4O3. The Kier molecular flexibility index (Phi) is 3.05. The Hall–Kier alpha value is -2.70. The van der Waals surface area contributed by atoms with Gasteiger partial charge in [-0.2, -0.15) is 10.2 Å². The van der Waals surface area contributed by atoms with Crippen molar-refractivity contribution >= 4 is 6.21 Å². The number of phenolic OH excluding ortho intramolecular Hbond substituents is 1. The van der Waals surface area contributed by atoms with Gasteiger partial charge in [-0.15, -0.1) is 4.68 Å². The minimum atomic E-state index is -0.739. The number of aromatic hydroxyl groups is 1. The second-order valence-corrected chi connectivity index (χ2v) is 3.53. The average Bonchev–Trinajstić information content (AvgIpc) is 2.36. The standard InChI is InChI=1S/C11H10N4O3/c1-7-10(17)15(11(18)14-13-7)12-6-8-4-2-3-5-9(8)16/h2-6,16H,1H3,(H,14,18)/b12-6+. The van der Waals surface area contributed by atoms with Crippen molar-refractivity contribution in [3.8, 4) is 5.75 Å². The van der Waals surface area contributed by atoms with Gasteiger partial charge in [0.25, 0.3) is 5.56 Å². The van der Waals surface area contributed by atoms with Gasteiger partial charge in [0, 0.05) is 5.56 Å². The van der Waals surface area contributed by atoms with E-state index in [0.29, 0.717) is 10.2 Å². The maximum atomic E-state index is 11.6. The zero-order valence-corrected chi connectivity index (χ0v) is 9.49. The highest BCUT2D eigenvalue weighted by molar-refractivity contribution is 5.83. The summed E-state index contributed by atoms with van der Waals surface area (Å²) in [4.78, 5) is 23.0. The van der Waals surface area contributed by atoms with E-state index < -0.39 is 11.2 Å². The summed E-state index contributed by atoms with van der Waals surface area (Å²) in [6, 6.07) is 6.44. The van der Waals surface area contributed by atoms with Crippen LogP contribution in [-0.4, -0.2) is 26.2 Å². The zero-order chi connectivity index (χ0) is 13.1. The maximum absolute atomic E-state index is 11.6. The van der Waals surface area contributed by atoms with Crippen LogP contribution in [-0.2, 0) is 0 Å². The summed E-state index contributed by atoms with van der Waals surface area (Å²) >= 11 is 0. The number of hydrogen-bond donors (Lipinski definition) is 2. The molecule has 0 aliphatic rings. The van der Waals surface area contributed by atoms with E-state index in [2.05, 4.69) is 15.3 Å². The number of benzene rings is 1. The van der Waals surface area contributed by atoms with Crippen molar-refractivity contribution in [2.45, 2.75) is 6.92 Å². The fourth-order valence-electron chi connectivity index (χ4n) is 1.29. The van der Waals surface area contributed by atoms with Crippen molar-refractivity contribution in [1.29, 1.82) is 0 Å². The summed E-state index contributed by atoms with van der Waals surface area (Å²) in [6.07, 6.45) is 1.23. The largest absolute Gasteiger partial charge is 0.507 e. The molecule has 0 spiro atoms. The van der Waals surface area contributed by atoms with Crippen molar-refractivity contribution < 1.29 is 5.11 Å². The maximum Gasteiger partial charge on any atom is 0.365 e. The predicted molar refractivity (Wildman–Crippen MR) is 65.0 cm³/mol. The molecule has 1 aromatic heterocycles. The van der Waals surface area contributed by atoms with Crippen LogP contribution in [0.5, 0.6) is 5.75 Å². The van der Waals surface area contributed by atoms with E-state index in [1.54, 1.807) is 18.2 Å². The quantitative estimate of drug-likeness (QED) is 0.718. The number of hydrogen-bond acceptors (Lipinski definition) is 5. The topological polar surface area (TPSA) is 100 Å². The van der Waals surface area contributed by atoms with Crippen LogP contribution in [0.3, 0.4) is 0 Å². The molecule has 2 aromatic rings. The van der Waals surface area contributed by atoms with Crippen molar-refractivity contribution in [3.63, 3.8) is 0 Å². The van der Waals surface area contributed by atoms with Crippen LogP contribution in [0.1, 0.15) is 11.3 Å². The second kappa shape index (κ2) is 4.66. The highest BCUT2D eigenvalue weighted by Crippen LogP contribution is 2.12. The monoisotopic (exact) mass is 246 g/mol. The van der Waals surface area contributed by atoms with Gasteiger partial charge in [-0.25, -0.2) is 9.89 Å². The van der Waals surface area contributed by atoms with Crippen molar-refractivity contribution in [3.05, 3.63) is 56.4 Å². The SMILES string of the molecule is Cc1n[nH]c(=O)n(/N=C/c2ccccc2O)c1=O. The van der Waals surface area contributed by atoms with Gasteiger partial charge < -0.3 is 5.11 Å². The van der Waals surface area contributed by atoms with Crippen molar-refractivity contribution in [1.82, 2.24) is 14.9 Å². The van der Waals surface area contributed by atoms with E-state index in [1.165, 1.54) is 19.2 Å². The van der Waals surface area contributed by atoms with Gasteiger partial charge in [-0.3, -0.25) is 4.79 Å². The Morgan fingerprint density at radius 3 is 2.83 bits per heavy atom. The highest BCUT2D eigenvalue weighted by Gasteiger charge is 2.03. The van der Waals surface area contributed by atoms with E-state index in [0.717, 1.165) is 0 Å². The Morgan fingerprint density at radius 1 is 1.39 bits per heavy atom. The van der Waals surface area contributed by atoms with Gasteiger partial charge in [-0.1, -0.05) is 12.1 Å². The van der Waals surface area contributed by atoms with Gasteiger partial charge in [0.05, 0.1) is 6.21 Å². The molecule has 0 saturated heterocycles. The summed E-state index contributed by atoms with van der Waals surface area (Å²) in [5.41, 5.74) is -0.815. The van der Waals surface area contributed by atoms with Gasteiger partial charge in [0.15, 0.2) is 0 Å². The minimum absolute atomic E-state index is 0.0107. The van der Waals surface area contributed by atoms with Crippen LogP contribution in [0.4, 0.5) is 0 Å². The molecule has 0 unspecified atom stereocenters. The van der Waals surface area contributed by atoms with Crippen molar-refractivity contribution in [2.75, 3.05) is 0 Å². The molecule has 2 N–H and O–H groups in total. The first-order valence-electron chi connectivity index (χ1n) is 5.10. The van der Waals surface area contributed by atoms with Gasteiger partial charge in [0.2, 0.25) is 0 Å².